The van der Waals surface area contributed by atoms with E-state index in [-0.39, 0.29) is 30.7 Å². The van der Waals surface area contributed by atoms with Crippen molar-refractivity contribution in [2.24, 2.45) is 0 Å². The molecule has 5 heteroatoms. The van der Waals surface area contributed by atoms with Crippen LogP contribution >= 0.6 is 0 Å². The highest BCUT2D eigenvalue weighted by atomic mass is 19.1. The summed E-state index contributed by atoms with van der Waals surface area (Å²) in [6.07, 6.45) is 3.94. The van der Waals surface area contributed by atoms with Gasteiger partial charge in [-0.2, -0.15) is 0 Å². The zero-order valence-corrected chi connectivity index (χ0v) is 11.6. The van der Waals surface area contributed by atoms with Crippen LogP contribution in [0.3, 0.4) is 0 Å². The van der Waals surface area contributed by atoms with Gasteiger partial charge in [-0.05, 0) is 31.0 Å². The summed E-state index contributed by atoms with van der Waals surface area (Å²) in [7, 11) is 1.45. The lowest BCUT2D eigenvalue weighted by Crippen LogP contribution is -2.40. The highest BCUT2D eigenvalue weighted by Gasteiger charge is 2.27. The molecular formula is C15H19F2NO2. The van der Waals surface area contributed by atoms with Crippen molar-refractivity contribution >= 4 is 5.91 Å². The van der Waals surface area contributed by atoms with Crippen molar-refractivity contribution in [3.8, 4) is 0 Å². The minimum atomic E-state index is -0.494. The summed E-state index contributed by atoms with van der Waals surface area (Å²) in [5.74, 6) is -1.16. The Morgan fingerprint density at radius 2 is 2.05 bits per heavy atom. The van der Waals surface area contributed by atoms with Crippen LogP contribution in [0.25, 0.3) is 0 Å². The molecule has 0 unspecified atom stereocenters. The van der Waals surface area contributed by atoms with Gasteiger partial charge in [0.25, 0.3) is 0 Å². The molecular weight excluding hydrogens is 264 g/mol. The van der Waals surface area contributed by atoms with E-state index in [9.17, 15) is 13.6 Å². The minimum absolute atomic E-state index is 0.0343. The maximum Gasteiger partial charge on any atom is 0.249 e. The molecule has 1 aromatic rings. The fourth-order valence-corrected chi connectivity index (χ4v) is 2.69. The molecule has 1 saturated carbocycles. The Labute approximate surface area is 117 Å². The molecule has 0 bridgehead atoms. The average molecular weight is 283 g/mol. The Bertz CT molecular complexity index is 473. The highest BCUT2D eigenvalue weighted by Crippen LogP contribution is 2.26. The molecule has 1 aliphatic carbocycles. The lowest BCUT2D eigenvalue weighted by atomic mass is 10.1. The molecule has 1 amide bonds. The van der Waals surface area contributed by atoms with Crippen LogP contribution in [0.2, 0.25) is 0 Å². The third-order valence-electron chi connectivity index (χ3n) is 3.70. The number of nitrogens with zero attached hydrogens (tertiary/aromatic N) is 1. The largest absolute Gasteiger partial charge is 0.375 e. The number of hydrogen-bond donors (Lipinski definition) is 0. The van der Waals surface area contributed by atoms with Crippen LogP contribution in [-0.2, 0) is 16.1 Å². The van der Waals surface area contributed by atoms with Gasteiger partial charge in [0, 0.05) is 25.3 Å². The van der Waals surface area contributed by atoms with Crippen molar-refractivity contribution < 1.29 is 18.3 Å². The fourth-order valence-electron chi connectivity index (χ4n) is 2.69. The second kappa shape index (κ2) is 6.79. The van der Waals surface area contributed by atoms with Gasteiger partial charge in [0.05, 0.1) is 0 Å². The molecule has 110 valence electrons. The first-order chi connectivity index (χ1) is 9.61. The summed E-state index contributed by atoms with van der Waals surface area (Å²) in [4.78, 5) is 13.7. The molecule has 0 spiro atoms. The van der Waals surface area contributed by atoms with Gasteiger partial charge in [-0.1, -0.05) is 12.8 Å². The molecule has 0 atom stereocenters. The maximum atomic E-state index is 13.7. The number of halogens is 2. The van der Waals surface area contributed by atoms with Gasteiger partial charge in [-0.15, -0.1) is 0 Å². The van der Waals surface area contributed by atoms with E-state index in [0.717, 1.165) is 43.9 Å². The smallest absolute Gasteiger partial charge is 0.249 e. The van der Waals surface area contributed by atoms with Crippen LogP contribution in [0.1, 0.15) is 31.2 Å². The summed E-state index contributed by atoms with van der Waals surface area (Å²) >= 11 is 0. The van der Waals surface area contributed by atoms with Crippen molar-refractivity contribution in [2.75, 3.05) is 13.7 Å². The number of methoxy groups -OCH3 is 1. The van der Waals surface area contributed by atoms with Crippen molar-refractivity contribution in [3.63, 3.8) is 0 Å². The molecule has 0 heterocycles. The third kappa shape index (κ3) is 3.54. The minimum Gasteiger partial charge on any atom is -0.375 e. The first kappa shape index (κ1) is 14.9. The summed E-state index contributed by atoms with van der Waals surface area (Å²) in [5.41, 5.74) is 0.210. The first-order valence-corrected chi connectivity index (χ1v) is 6.84. The van der Waals surface area contributed by atoms with Crippen LogP contribution in [0, 0.1) is 11.6 Å². The number of benzene rings is 1. The van der Waals surface area contributed by atoms with Gasteiger partial charge in [0.1, 0.15) is 18.2 Å². The van der Waals surface area contributed by atoms with E-state index >= 15 is 0 Å². The number of carbonyl (C=O) groups excluding carboxylic acids is 1. The van der Waals surface area contributed by atoms with Crippen molar-refractivity contribution in [2.45, 2.75) is 38.3 Å². The molecule has 1 fully saturated rings. The Morgan fingerprint density at radius 1 is 1.35 bits per heavy atom. The molecule has 0 radical (unpaired) electrons. The predicted molar refractivity (Wildman–Crippen MR) is 71.0 cm³/mol. The quantitative estimate of drug-likeness (QED) is 0.831. The monoisotopic (exact) mass is 283 g/mol. The predicted octanol–water partition coefficient (Wildman–Crippen LogP) is 2.88. The zero-order chi connectivity index (χ0) is 14.5. The zero-order valence-electron chi connectivity index (χ0n) is 11.6. The Hall–Kier alpha value is -1.49. The first-order valence-electron chi connectivity index (χ1n) is 6.84. The molecule has 0 aromatic heterocycles. The molecule has 2 rings (SSSR count). The van der Waals surface area contributed by atoms with E-state index in [4.69, 9.17) is 4.74 Å². The molecule has 1 aromatic carbocycles. The fraction of sp³-hybridized carbons (Fsp3) is 0.533. The Morgan fingerprint density at radius 3 is 2.70 bits per heavy atom. The summed E-state index contributed by atoms with van der Waals surface area (Å²) < 4.78 is 31.8. The Balaban J connectivity index is 2.17. The van der Waals surface area contributed by atoms with Gasteiger partial charge >= 0.3 is 0 Å². The second-order valence-electron chi connectivity index (χ2n) is 5.13. The number of rotatable bonds is 5. The lowest BCUT2D eigenvalue weighted by Gasteiger charge is -2.29. The van der Waals surface area contributed by atoms with Crippen LogP contribution in [0.4, 0.5) is 8.78 Å². The van der Waals surface area contributed by atoms with Gasteiger partial charge in [-0.25, -0.2) is 8.78 Å². The standard InChI is InChI=1S/C15H19F2NO2/c1-20-10-15(19)18(13-4-2-3-5-13)9-11-8-12(16)6-7-14(11)17/h6-8,13H,2-5,9-10H2,1H3. The van der Waals surface area contributed by atoms with Crippen molar-refractivity contribution in [1.82, 2.24) is 4.90 Å². The third-order valence-corrected chi connectivity index (χ3v) is 3.70. The van der Waals surface area contributed by atoms with Gasteiger partial charge in [0.2, 0.25) is 5.91 Å². The van der Waals surface area contributed by atoms with Gasteiger partial charge in [0.15, 0.2) is 0 Å². The number of amides is 1. The average Bonchev–Trinajstić information content (AvgIpc) is 2.93. The van der Waals surface area contributed by atoms with E-state index in [1.54, 1.807) is 4.90 Å². The normalized spacial score (nSPS) is 15.6. The molecule has 0 aliphatic heterocycles. The summed E-state index contributed by atoms with van der Waals surface area (Å²) in [5, 5.41) is 0. The topological polar surface area (TPSA) is 29.5 Å². The van der Waals surface area contributed by atoms with Crippen LogP contribution < -0.4 is 0 Å². The lowest BCUT2D eigenvalue weighted by molar-refractivity contribution is -0.138. The highest BCUT2D eigenvalue weighted by molar-refractivity contribution is 5.77. The molecule has 0 saturated heterocycles. The van der Waals surface area contributed by atoms with E-state index < -0.39 is 11.6 Å². The van der Waals surface area contributed by atoms with Crippen molar-refractivity contribution in [1.29, 1.82) is 0 Å². The van der Waals surface area contributed by atoms with Gasteiger partial charge < -0.3 is 9.64 Å². The van der Waals surface area contributed by atoms with E-state index in [1.165, 1.54) is 7.11 Å². The molecule has 1 aliphatic rings. The number of ether oxygens (including phenoxy) is 1. The second-order valence-corrected chi connectivity index (χ2v) is 5.13. The van der Waals surface area contributed by atoms with Crippen LogP contribution in [0.15, 0.2) is 18.2 Å². The number of carbonyl (C=O) groups is 1. The van der Waals surface area contributed by atoms with E-state index in [2.05, 4.69) is 0 Å². The number of hydrogen-bond acceptors (Lipinski definition) is 2. The van der Waals surface area contributed by atoms with E-state index in [1.807, 2.05) is 0 Å². The van der Waals surface area contributed by atoms with E-state index in [0.29, 0.717) is 0 Å². The molecule has 0 N–H and O–H groups in total. The summed E-state index contributed by atoms with van der Waals surface area (Å²) in [6.45, 7) is 0.0594. The van der Waals surface area contributed by atoms with Crippen molar-refractivity contribution in [3.05, 3.63) is 35.4 Å². The SMILES string of the molecule is COCC(=O)N(Cc1cc(F)ccc1F)C1CCCC1. The van der Waals surface area contributed by atoms with Crippen LogP contribution in [-0.4, -0.2) is 30.6 Å². The molecule has 3 nitrogen and oxygen atoms in total. The summed E-state index contributed by atoms with van der Waals surface area (Å²) in [6, 6.07) is 3.42. The van der Waals surface area contributed by atoms with Gasteiger partial charge in [-0.3, -0.25) is 4.79 Å². The van der Waals surface area contributed by atoms with Crippen LogP contribution in [0.5, 0.6) is 0 Å². The Kier molecular flexibility index (Phi) is 5.06. The molecule has 20 heavy (non-hydrogen) atoms. The maximum absolute atomic E-state index is 13.7.